The van der Waals surface area contributed by atoms with Crippen LogP contribution in [-0.2, 0) is 18.0 Å². The van der Waals surface area contributed by atoms with Gasteiger partial charge in [0.1, 0.15) is 11.6 Å². The van der Waals surface area contributed by atoms with Gasteiger partial charge in [0.25, 0.3) is 0 Å². The minimum Gasteiger partial charge on any atom is -0.497 e. The highest BCUT2D eigenvalue weighted by Crippen LogP contribution is 2.38. The third-order valence-electron chi connectivity index (χ3n) is 5.67. The number of hydrogen-bond acceptors (Lipinski definition) is 5. The molecular formula is C23H30Cl2N4O2. The van der Waals surface area contributed by atoms with E-state index < -0.39 is 0 Å². The highest BCUT2D eigenvalue weighted by Gasteiger charge is 2.26. The number of rotatable bonds is 8. The molecule has 0 atom stereocenters. The number of nitrogens with zero attached hydrogens (tertiary/aromatic N) is 3. The zero-order chi connectivity index (χ0) is 21.3. The maximum Gasteiger partial charge on any atom is 0.165 e. The summed E-state index contributed by atoms with van der Waals surface area (Å²) >= 11 is 6.61. The first-order valence-corrected chi connectivity index (χ1v) is 11.0. The van der Waals surface area contributed by atoms with Gasteiger partial charge in [-0.05, 0) is 38.0 Å². The third-order valence-corrected chi connectivity index (χ3v) is 5.98. The zero-order valence-corrected chi connectivity index (χ0v) is 20.1. The van der Waals surface area contributed by atoms with Gasteiger partial charge in [-0.2, -0.15) is 9.61 Å². The summed E-state index contributed by atoms with van der Waals surface area (Å²) in [5.41, 5.74) is 5.63. The van der Waals surface area contributed by atoms with Crippen LogP contribution in [0.25, 0.3) is 16.8 Å². The number of hydrogen-bond donors (Lipinski definition) is 1. The van der Waals surface area contributed by atoms with Crippen LogP contribution in [0.5, 0.6) is 5.75 Å². The minimum absolute atomic E-state index is 0. The first kappa shape index (κ1) is 23.6. The number of aryl methyl sites for hydroxylation is 1. The van der Waals surface area contributed by atoms with Crippen molar-refractivity contribution in [3.63, 3.8) is 0 Å². The van der Waals surface area contributed by atoms with Crippen LogP contribution in [0.4, 0.5) is 5.82 Å². The predicted octanol–water partition coefficient (Wildman–Crippen LogP) is 6.20. The lowest BCUT2D eigenvalue weighted by molar-refractivity contribution is 0.133. The number of halogens is 2. The average Bonchev–Trinajstić information content (AvgIpc) is 3.32. The van der Waals surface area contributed by atoms with Crippen LogP contribution < -0.4 is 10.1 Å². The van der Waals surface area contributed by atoms with Gasteiger partial charge in [-0.1, -0.05) is 38.3 Å². The quantitative estimate of drug-likeness (QED) is 0.429. The summed E-state index contributed by atoms with van der Waals surface area (Å²) < 4.78 is 13.0. The van der Waals surface area contributed by atoms with Crippen molar-refractivity contribution in [3.8, 4) is 16.9 Å². The third kappa shape index (κ3) is 4.47. The Balaban J connectivity index is 0.00000272. The van der Waals surface area contributed by atoms with E-state index in [9.17, 15) is 0 Å². The lowest BCUT2D eigenvalue weighted by atomic mass is 10.1. The van der Waals surface area contributed by atoms with Crippen LogP contribution in [0.15, 0.2) is 18.2 Å². The summed E-state index contributed by atoms with van der Waals surface area (Å²) in [6.07, 6.45) is 4.50. The minimum atomic E-state index is 0. The van der Waals surface area contributed by atoms with Crippen molar-refractivity contribution in [1.82, 2.24) is 14.6 Å². The van der Waals surface area contributed by atoms with Crippen molar-refractivity contribution in [3.05, 3.63) is 40.2 Å². The van der Waals surface area contributed by atoms with Gasteiger partial charge in [0.15, 0.2) is 5.65 Å². The molecule has 1 aliphatic heterocycles. The number of benzene rings is 1. The van der Waals surface area contributed by atoms with E-state index in [4.69, 9.17) is 31.2 Å². The van der Waals surface area contributed by atoms with Crippen LogP contribution >= 0.6 is 24.0 Å². The van der Waals surface area contributed by atoms with Crippen molar-refractivity contribution in [2.24, 2.45) is 0 Å². The normalized spacial score (nSPS) is 12.8. The van der Waals surface area contributed by atoms with E-state index in [0.717, 1.165) is 71.0 Å². The van der Waals surface area contributed by atoms with Gasteiger partial charge in [0.05, 0.1) is 42.3 Å². The largest absolute Gasteiger partial charge is 0.497 e. The molecule has 0 bridgehead atoms. The Morgan fingerprint density at radius 3 is 2.61 bits per heavy atom. The standard InChI is InChI=1S/C23H29ClN4O2.ClH/c1-5-7-15(8-6-2)25-22-18-12-30-13-20(18)26-23-21(14(3)27-28(22)23)17-10-9-16(29-4)11-19(17)24;/h9-11,15,25H,5-8,12-13H2,1-4H3;1H. The summed E-state index contributed by atoms with van der Waals surface area (Å²) in [6.45, 7) is 7.53. The Bertz CT molecular complexity index is 1060. The molecule has 0 saturated carbocycles. The van der Waals surface area contributed by atoms with Gasteiger partial charge in [0.2, 0.25) is 0 Å². The molecule has 0 spiro atoms. The van der Waals surface area contributed by atoms with Gasteiger partial charge in [-0.25, -0.2) is 4.98 Å². The first-order valence-electron chi connectivity index (χ1n) is 10.7. The summed E-state index contributed by atoms with van der Waals surface area (Å²) in [6, 6.07) is 6.11. The van der Waals surface area contributed by atoms with Crippen LogP contribution in [0.2, 0.25) is 5.02 Å². The van der Waals surface area contributed by atoms with Crippen molar-refractivity contribution < 1.29 is 9.47 Å². The number of nitrogens with one attached hydrogen (secondary N) is 1. The average molecular weight is 465 g/mol. The van der Waals surface area contributed by atoms with Crippen molar-refractivity contribution >= 4 is 35.5 Å². The molecule has 0 fully saturated rings. The smallest absolute Gasteiger partial charge is 0.165 e. The van der Waals surface area contributed by atoms with Crippen molar-refractivity contribution in [2.45, 2.75) is 65.7 Å². The summed E-state index contributed by atoms with van der Waals surface area (Å²) in [5.74, 6) is 1.72. The van der Waals surface area contributed by atoms with E-state index in [1.807, 2.05) is 29.6 Å². The summed E-state index contributed by atoms with van der Waals surface area (Å²) in [7, 11) is 1.64. The van der Waals surface area contributed by atoms with E-state index >= 15 is 0 Å². The Morgan fingerprint density at radius 2 is 1.97 bits per heavy atom. The van der Waals surface area contributed by atoms with Crippen LogP contribution in [-0.4, -0.2) is 27.7 Å². The fraction of sp³-hybridized carbons (Fsp3) is 0.478. The molecule has 6 nitrogen and oxygen atoms in total. The highest BCUT2D eigenvalue weighted by atomic mass is 35.5. The van der Waals surface area contributed by atoms with Gasteiger partial charge in [-0.15, -0.1) is 12.4 Å². The molecule has 0 radical (unpaired) electrons. The number of methoxy groups -OCH3 is 1. The first-order chi connectivity index (χ1) is 14.6. The Morgan fingerprint density at radius 1 is 1.23 bits per heavy atom. The maximum absolute atomic E-state index is 6.61. The van der Waals surface area contributed by atoms with Gasteiger partial charge in [-0.3, -0.25) is 0 Å². The molecule has 3 heterocycles. The number of fused-ring (bicyclic) bond motifs is 2. The van der Waals surface area contributed by atoms with Crippen molar-refractivity contribution in [1.29, 1.82) is 0 Å². The molecule has 1 aromatic carbocycles. The van der Waals surface area contributed by atoms with E-state index in [0.29, 0.717) is 24.3 Å². The Hall–Kier alpha value is -2.02. The molecule has 31 heavy (non-hydrogen) atoms. The second-order valence-corrected chi connectivity index (χ2v) is 8.25. The zero-order valence-electron chi connectivity index (χ0n) is 18.5. The Kier molecular flexibility index (Phi) is 7.68. The molecule has 8 heteroatoms. The lowest BCUT2D eigenvalue weighted by Gasteiger charge is -2.21. The second kappa shape index (κ2) is 10.1. The molecule has 3 aromatic rings. The summed E-state index contributed by atoms with van der Waals surface area (Å²) in [4.78, 5) is 4.94. The van der Waals surface area contributed by atoms with Crippen LogP contribution in [0, 0.1) is 6.92 Å². The number of anilines is 1. The van der Waals surface area contributed by atoms with E-state index in [-0.39, 0.29) is 12.4 Å². The molecular weight excluding hydrogens is 435 g/mol. The molecule has 0 unspecified atom stereocenters. The lowest BCUT2D eigenvalue weighted by Crippen LogP contribution is -2.22. The second-order valence-electron chi connectivity index (χ2n) is 7.84. The number of aromatic nitrogens is 3. The topological polar surface area (TPSA) is 60.7 Å². The van der Waals surface area contributed by atoms with E-state index in [2.05, 4.69) is 19.2 Å². The van der Waals surface area contributed by atoms with Gasteiger partial charge in [0, 0.05) is 17.2 Å². The Labute approximate surface area is 194 Å². The molecule has 2 aromatic heterocycles. The van der Waals surface area contributed by atoms with E-state index in [1.54, 1.807) is 7.11 Å². The van der Waals surface area contributed by atoms with Crippen molar-refractivity contribution in [2.75, 3.05) is 12.4 Å². The fourth-order valence-corrected chi connectivity index (χ4v) is 4.49. The molecule has 168 valence electrons. The molecule has 1 aliphatic rings. The molecule has 0 amide bonds. The molecule has 0 aliphatic carbocycles. The molecule has 0 saturated heterocycles. The maximum atomic E-state index is 6.61. The van der Waals surface area contributed by atoms with Crippen LogP contribution in [0.1, 0.15) is 56.5 Å². The fourth-order valence-electron chi connectivity index (χ4n) is 4.22. The number of ether oxygens (including phenoxy) is 2. The van der Waals surface area contributed by atoms with Gasteiger partial charge < -0.3 is 14.8 Å². The molecule has 1 N–H and O–H groups in total. The SMILES string of the molecule is CCCC(CCC)Nc1c2c(nc3c(-c4ccc(OC)cc4Cl)c(C)nn13)COC2.Cl. The van der Waals surface area contributed by atoms with Crippen LogP contribution in [0.3, 0.4) is 0 Å². The van der Waals surface area contributed by atoms with E-state index in [1.165, 1.54) is 0 Å². The van der Waals surface area contributed by atoms with Gasteiger partial charge >= 0.3 is 0 Å². The highest BCUT2D eigenvalue weighted by molar-refractivity contribution is 6.33. The molecule has 4 rings (SSSR count). The predicted molar refractivity (Wildman–Crippen MR) is 128 cm³/mol. The summed E-state index contributed by atoms with van der Waals surface area (Å²) in [5, 5.41) is 9.27. The monoisotopic (exact) mass is 464 g/mol.